The summed E-state index contributed by atoms with van der Waals surface area (Å²) < 4.78 is 34.8. The van der Waals surface area contributed by atoms with Gasteiger partial charge in [-0.15, -0.1) is 0 Å². The Kier molecular flexibility index (Phi) is 6.39. The Labute approximate surface area is 190 Å². The Bertz CT molecular complexity index is 1030. The maximum atomic E-state index is 14.2. The number of carbonyl (C=O) groups excluding carboxylic acids is 1. The molecule has 4 rings (SSSR count). The molecule has 0 spiro atoms. The van der Waals surface area contributed by atoms with Crippen molar-refractivity contribution in [3.8, 4) is 6.07 Å². The van der Waals surface area contributed by atoms with E-state index in [0.29, 0.717) is 30.3 Å². The van der Waals surface area contributed by atoms with E-state index in [0.717, 1.165) is 31.3 Å². The van der Waals surface area contributed by atoms with Gasteiger partial charge in [-0.1, -0.05) is 13.8 Å². The first-order valence-electron chi connectivity index (χ1n) is 11.3. The van der Waals surface area contributed by atoms with Gasteiger partial charge in [-0.2, -0.15) is 5.26 Å². The average Bonchev–Trinajstić information content (AvgIpc) is 3.47. The molecule has 1 unspecified atom stereocenters. The first kappa shape index (κ1) is 22.9. The summed E-state index contributed by atoms with van der Waals surface area (Å²) in [6.07, 6.45) is 4.51. The van der Waals surface area contributed by atoms with Gasteiger partial charge in [0.05, 0.1) is 10.8 Å². The van der Waals surface area contributed by atoms with E-state index >= 15 is 0 Å². The van der Waals surface area contributed by atoms with Crippen LogP contribution < -0.4 is 14.8 Å². The van der Waals surface area contributed by atoms with E-state index in [4.69, 9.17) is 5.26 Å². The Morgan fingerprint density at radius 3 is 2.78 bits per heavy atom. The molecule has 1 saturated heterocycles. The molecule has 1 aromatic rings. The first-order valence-corrected chi connectivity index (χ1v) is 13.1. The number of carbonyl (C=O) groups is 1. The van der Waals surface area contributed by atoms with Gasteiger partial charge in [0.1, 0.15) is 17.6 Å². The van der Waals surface area contributed by atoms with Gasteiger partial charge in [-0.3, -0.25) is 9.00 Å². The summed E-state index contributed by atoms with van der Waals surface area (Å²) >= 11 is 0. The highest BCUT2D eigenvalue weighted by atomic mass is 32.3. The minimum atomic E-state index is -2.95. The quantitative estimate of drug-likeness (QED) is 0.490. The van der Waals surface area contributed by atoms with Crippen LogP contribution in [0, 0.1) is 23.1 Å². The number of benzene rings is 1. The van der Waals surface area contributed by atoms with Gasteiger partial charge >= 0.3 is 0 Å². The number of thiol groups is 1. The molecule has 174 valence electrons. The number of nitrogens with one attached hydrogen (secondary N) is 3. The molecule has 2 aliphatic heterocycles. The van der Waals surface area contributed by atoms with Crippen LogP contribution in [0.5, 0.6) is 0 Å². The molecule has 1 aromatic carbocycles. The van der Waals surface area contributed by atoms with Crippen LogP contribution in [0.2, 0.25) is 0 Å². The summed E-state index contributed by atoms with van der Waals surface area (Å²) in [7, 11) is -1.11. The third kappa shape index (κ3) is 4.72. The van der Waals surface area contributed by atoms with Crippen molar-refractivity contribution in [2.45, 2.75) is 63.3 Å². The second-order valence-corrected chi connectivity index (χ2v) is 12.0. The van der Waals surface area contributed by atoms with Crippen molar-refractivity contribution in [1.29, 1.82) is 5.26 Å². The summed E-state index contributed by atoms with van der Waals surface area (Å²) in [4.78, 5) is 15.1. The van der Waals surface area contributed by atoms with E-state index in [1.54, 1.807) is 6.07 Å². The number of halogens is 1. The Morgan fingerprint density at radius 1 is 1.38 bits per heavy atom. The molecule has 0 bridgehead atoms. The summed E-state index contributed by atoms with van der Waals surface area (Å²) in [5.74, 6) is -0.462. The van der Waals surface area contributed by atoms with Gasteiger partial charge in [-0.05, 0) is 72.1 Å². The summed E-state index contributed by atoms with van der Waals surface area (Å²) in [5, 5.41) is 11.6. The molecule has 0 aromatic heterocycles. The lowest BCUT2D eigenvalue weighted by Crippen LogP contribution is -2.55. The van der Waals surface area contributed by atoms with E-state index in [1.807, 2.05) is 11.9 Å². The largest absolute Gasteiger partial charge is 0.369 e. The number of hydrogen-bond donors (Lipinski definition) is 4. The molecule has 1 aliphatic carbocycles. The highest BCUT2D eigenvalue weighted by Gasteiger charge is 2.45. The molecule has 2 heterocycles. The standard InChI is InChI=1S/C23H32FN5O2S/c1-14(2)10-18-6-8-19-21(32(31,28-18)27-16-4-5-16)13-29(3)22(19)23(30)26-17-7-9-20(24)15(11-17)12-25/h7,9,11,14,16,18,21,32H,4-6,8,10,13H2,1-3H3,(H,26,30)(H2,27,28,31)/t18-,21?/m1/s1. The number of nitriles is 1. The van der Waals surface area contributed by atoms with Gasteiger partial charge in [0.15, 0.2) is 0 Å². The minimum absolute atomic E-state index is 0.119. The number of likely N-dealkylation sites (N-methyl/N-ethyl adjacent to an activating group) is 1. The molecule has 3 N–H and O–H groups in total. The molecule has 2 fully saturated rings. The molecule has 2 atom stereocenters. The third-order valence-corrected chi connectivity index (χ3v) is 9.23. The van der Waals surface area contributed by atoms with Crippen LogP contribution in [-0.2, 0) is 15.1 Å². The molecular formula is C23H32FN5O2S. The zero-order valence-corrected chi connectivity index (χ0v) is 19.7. The molecule has 9 heteroatoms. The lowest BCUT2D eigenvalue weighted by molar-refractivity contribution is -0.114. The topological polar surface area (TPSA) is 97.3 Å². The average molecular weight is 462 g/mol. The van der Waals surface area contributed by atoms with Gasteiger partial charge in [0.2, 0.25) is 0 Å². The fourth-order valence-corrected chi connectivity index (χ4v) is 7.96. The lowest BCUT2D eigenvalue weighted by atomic mass is 9.97. The van der Waals surface area contributed by atoms with Crippen LogP contribution in [0.15, 0.2) is 29.5 Å². The number of rotatable bonds is 6. The van der Waals surface area contributed by atoms with Crippen molar-refractivity contribution in [2.24, 2.45) is 5.92 Å². The first-order chi connectivity index (χ1) is 15.2. The van der Waals surface area contributed by atoms with Crippen molar-refractivity contribution in [2.75, 3.05) is 18.9 Å². The van der Waals surface area contributed by atoms with Crippen molar-refractivity contribution >= 4 is 21.9 Å². The lowest BCUT2D eigenvalue weighted by Gasteiger charge is -2.35. The highest BCUT2D eigenvalue weighted by molar-refractivity contribution is 8.00. The molecule has 32 heavy (non-hydrogen) atoms. The fourth-order valence-electron chi connectivity index (χ4n) is 4.79. The monoisotopic (exact) mass is 461 g/mol. The molecule has 0 radical (unpaired) electrons. The van der Waals surface area contributed by atoms with Crippen molar-refractivity contribution in [3.63, 3.8) is 0 Å². The predicted octanol–water partition coefficient (Wildman–Crippen LogP) is 2.60. The number of amides is 1. The Hall–Kier alpha value is -2.28. The number of anilines is 1. The van der Waals surface area contributed by atoms with Gasteiger partial charge in [-0.25, -0.2) is 13.8 Å². The zero-order chi connectivity index (χ0) is 23.0. The second-order valence-electron chi connectivity index (χ2n) is 9.59. The maximum Gasteiger partial charge on any atom is 0.271 e. The van der Waals surface area contributed by atoms with Crippen LogP contribution >= 0.6 is 0 Å². The van der Waals surface area contributed by atoms with E-state index in [9.17, 15) is 13.4 Å². The number of nitrogens with zero attached hydrogens (tertiary/aromatic N) is 2. The smallest absolute Gasteiger partial charge is 0.271 e. The molecular weight excluding hydrogens is 429 g/mol. The van der Waals surface area contributed by atoms with E-state index in [-0.39, 0.29) is 28.8 Å². The minimum Gasteiger partial charge on any atom is -0.369 e. The highest BCUT2D eigenvalue weighted by Crippen LogP contribution is 2.38. The van der Waals surface area contributed by atoms with Crippen LogP contribution in [-0.4, -0.2) is 45.9 Å². The predicted molar refractivity (Wildman–Crippen MR) is 124 cm³/mol. The third-order valence-electron chi connectivity index (χ3n) is 6.38. The number of fused-ring (bicyclic) bond motifs is 1. The molecule has 3 aliphatic rings. The van der Waals surface area contributed by atoms with Crippen LogP contribution in [0.4, 0.5) is 10.1 Å². The van der Waals surface area contributed by atoms with E-state index < -0.39 is 16.1 Å². The van der Waals surface area contributed by atoms with Gasteiger partial charge in [0.25, 0.3) is 5.91 Å². The van der Waals surface area contributed by atoms with Crippen molar-refractivity contribution in [1.82, 2.24) is 14.3 Å². The summed E-state index contributed by atoms with van der Waals surface area (Å²) in [6.45, 7) is 4.83. The second kappa shape index (κ2) is 8.93. The maximum absolute atomic E-state index is 14.2. The van der Waals surface area contributed by atoms with Crippen LogP contribution in [0.3, 0.4) is 0 Å². The normalized spacial score (nSPS) is 25.8. The fraction of sp³-hybridized carbons (Fsp3) is 0.565. The van der Waals surface area contributed by atoms with Crippen molar-refractivity contribution in [3.05, 3.63) is 40.8 Å². The Balaban J connectivity index is 1.64. The van der Waals surface area contributed by atoms with E-state index in [1.165, 1.54) is 18.2 Å². The SMILES string of the molecule is CC(C)C[C@H]1CCC2=C(C(=O)Nc3ccc(F)c(C#N)c3)N(C)CC2[SH](=O)(NC2CC2)N1. The molecule has 1 amide bonds. The zero-order valence-electron chi connectivity index (χ0n) is 18.8. The van der Waals surface area contributed by atoms with Crippen molar-refractivity contribution < 1.29 is 13.4 Å². The molecule has 1 saturated carbocycles. The summed E-state index contributed by atoms with van der Waals surface area (Å²) in [6, 6.07) is 6.15. The van der Waals surface area contributed by atoms with Gasteiger partial charge < -0.3 is 10.2 Å². The number of hydrogen-bond acceptors (Lipinski definition) is 4. The van der Waals surface area contributed by atoms with E-state index in [2.05, 4.69) is 28.6 Å². The Morgan fingerprint density at radius 2 is 2.12 bits per heavy atom. The summed E-state index contributed by atoms with van der Waals surface area (Å²) in [5.41, 5.74) is 1.69. The molecule has 7 nitrogen and oxygen atoms in total. The van der Waals surface area contributed by atoms with Crippen LogP contribution in [0.1, 0.15) is 51.5 Å². The van der Waals surface area contributed by atoms with Crippen LogP contribution in [0.25, 0.3) is 0 Å². The van der Waals surface area contributed by atoms with Gasteiger partial charge in [0, 0.05) is 31.4 Å².